The van der Waals surface area contributed by atoms with Crippen LogP contribution in [0.1, 0.15) is 18.7 Å². The van der Waals surface area contributed by atoms with Crippen LogP contribution in [0, 0.1) is 12.8 Å². The van der Waals surface area contributed by atoms with Crippen LogP contribution >= 0.6 is 24.0 Å². The Labute approximate surface area is 173 Å². The van der Waals surface area contributed by atoms with E-state index in [9.17, 15) is 0 Å². The van der Waals surface area contributed by atoms with Gasteiger partial charge in [0.15, 0.2) is 5.96 Å². The molecule has 0 radical (unpaired) electrons. The smallest absolute Gasteiger partial charge is 0.193 e. The zero-order valence-corrected chi connectivity index (χ0v) is 18.3. The van der Waals surface area contributed by atoms with E-state index in [0.717, 1.165) is 63.0 Å². The molecule has 0 amide bonds. The fourth-order valence-electron chi connectivity index (χ4n) is 3.50. The lowest BCUT2D eigenvalue weighted by Crippen LogP contribution is -2.41. The number of hydrogen-bond donors (Lipinski definition) is 1. The molecule has 1 saturated heterocycles. The third-order valence-electron chi connectivity index (χ3n) is 4.82. The highest BCUT2D eigenvalue weighted by Gasteiger charge is 2.18. The molecule has 7 heteroatoms. The zero-order valence-electron chi connectivity index (χ0n) is 15.9. The summed E-state index contributed by atoms with van der Waals surface area (Å²) in [7, 11) is 3.94. The number of benzene rings is 1. The van der Waals surface area contributed by atoms with Crippen molar-refractivity contribution in [2.45, 2.75) is 26.3 Å². The van der Waals surface area contributed by atoms with Crippen LogP contribution in [0.15, 0.2) is 29.3 Å². The highest BCUT2D eigenvalue weighted by Crippen LogP contribution is 2.16. The van der Waals surface area contributed by atoms with Crippen molar-refractivity contribution in [3.8, 4) is 0 Å². The van der Waals surface area contributed by atoms with Gasteiger partial charge in [-0.1, -0.05) is 12.1 Å². The molecule has 26 heavy (non-hydrogen) atoms. The Hall–Kier alpha value is -1.35. The van der Waals surface area contributed by atoms with Crippen molar-refractivity contribution < 1.29 is 4.74 Å². The third kappa shape index (κ3) is 5.09. The van der Waals surface area contributed by atoms with E-state index in [4.69, 9.17) is 4.74 Å². The first-order chi connectivity index (χ1) is 12.2. The molecular formula is C19H30IN5O. The monoisotopic (exact) mass is 471 g/mol. The minimum atomic E-state index is 0. The Balaban J connectivity index is 0.00000243. The highest BCUT2D eigenvalue weighted by molar-refractivity contribution is 14.0. The number of hydrogen-bond acceptors (Lipinski definition) is 3. The Bertz CT molecular complexity index is 724. The summed E-state index contributed by atoms with van der Waals surface area (Å²) in [6.07, 6.45) is 2.18. The van der Waals surface area contributed by atoms with Crippen LogP contribution in [0.4, 0.5) is 0 Å². The quantitative estimate of drug-likeness (QED) is 0.305. The summed E-state index contributed by atoms with van der Waals surface area (Å²) in [5.74, 6) is 2.64. The van der Waals surface area contributed by atoms with E-state index < -0.39 is 0 Å². The van der Waals surface area contributed by atoms with Crippen molar-refractivity contribution in [1.82, 2.24) is 19.8 Å². The maximum atomic E-state index is 5.46. The van der Waals surface area contributed by atoms with E-state index >= 15 is 0 Å². The van der Waals surface area contributed by atoms with E-state index in [1.807, 2.05) is 13.1 Å². The molecule has 1 aromatic carbocycles. The number of para-hydroxylation sites is 2. The van der Waals surface area contributed by atoms with Gasteiger partial charge >= 0.3 is 0 Å². The van der Waals surface area contributed by atoms with E-state index in [-0.39, 0.29) is 24.0 Å². The molecule has 2 heterocycles. The number of aryl methyl sites for hydroxylation is 2. The minimum Gasteiger partial charge on any atom is -0.381 e. The Morgan fingerprint density at radius 2 is 2.23 bits per heavy atom. The van der Waals surface area contributed by atoms with E-state index in [0.29, 0.717) is 5.92 Å². The minimum absolute atomic E-state index is 0. The number of imidazole rings is 1. The predicted molar refractivity (Wildman–Crippen MR) is 117 cm³/mol. The topological polar surface area (TPSA) is 54.7 Å². The van der Waals surface area contributed by atoms with E-state index in [1.165, 1.54) is 5.52 Å². The summed E-state index contributed by atoms with van der Waals surface area (Å²) in [6.45, 7) is 6.67. The molecule has 6 nitrogen and oxygen atoms in total. The molecule has 1 fully saturated rings. The summed E-state index contributed by atoms with van der Waals surface area (Å²) < 4.78 is 7.75. The lowest BCUT2D eigenvalue weighted by atomic mass is 10.1. The molecule has 0 saturated carbocycles. The van der Waals surface area contributed by atoms with Gasteiger partial charge in [-0.05, 0) is 31.9 Å². The van der Waals surface area contributed by atoms with Gasteiger partial charge in [0.05, 0.1) is 17.6 Å². The van der Waals surface area contributed by atoms with Gasteiger partial charge in [-0.3, -0.25) is 4.99 Å². The number of nitrogens with one attached hydrogen (secondary N) is 1. The van der Waals surface area contributed by atoms with Crippen LogP contribution in [0.2, 0.25) is 0 Å². The number of aliphatic imine (C=N–C) groups is 1. The molecule has 1 aliphatic rings. The van der Waals surface area contributed by atoms with E-state index in [1.54, 1.807) is 0 Å². The number of guanidine groups is 1. The fourth-order valence-corrected chi connectivity index (χ4v) is 3.50. The molecule has 2 aromatic rings. The van der Waals surface area contributed by atoms with Crippen LogP contribution in [0.3, 0.4) is 0 Å². The number of nitrogens with zero attached hydrogens (tertiary/aromatic N) is 4. The van der Waals surface area contributed by atoms with Crippen molar-refractivity contribution >= 4 is 41.0 Å². The predicted octanol–water partition coefficient (Wildman–Crippen LogP) is 2.90. The molecule has 144 valence electrons. The van der Waals surface area contributed by atoms with Crippen LogP contribution in [-0.4, -0.2) is 60.8 Å². The van der Waals surface area contributed by atoms with Crippen molar-refractivity contribution in [3.05, 3.63) is 30.1 Å². The third-order valence-corrected chi connectivity index (χ3v) is 4.82. The average molecular weight is 471 g/mol. The zero-order chi connectivity index (χ0) is 17.6. The van der Waals surface area contributed by atoms with Gasteiger partial charge in [0, 0.05) is 46.3 Å². The maximum absolute atomic E-state index is 5.46. The lowest BCUT2D eigenvalue weighted by Gasteiger charge is -2.24. The van der Waals surface area contributed by atoms with Crippen molar-refractivity contribution in [2.75, 3.05) is 40.4 Å². The summed E-state index contributed by atoms with van der Waals surface area (Å²) in [4.78, 5) is 11.2. The van der Waals surface area contributed by atoms with Gasteiger partial charge in [0.25, 0.3) is 0 Å². The van der Waals surface area contributed by atoms with Crippen molar-refractivity contribution in [1.29, 1.82) is 0 Å². The van der Waals surface area contributed by atoms with Gasteiger partial charge in [-0.15, -0.1) is 24.0 Å². The summed E-state index contributed by atoms with van der Waals surface area (Å²) in [5.41, 5.74) is 2.28. The second-order valence-electron chi connectivity index (χ2n) is 6.74. The molecule has 1 N–H and O–H groups in total. The van der Waals surface area contributed by atoms with Crippen LogP contribution in [-0.2, 0) is 11.3 Å². The standard InChI is InChI=1S/C19H29N5O.HI/c1-15-22-17-7-4-5-8-18(17)24(15)11-6-10-21-19(20-2)23(3)13-16-9-12-25-14-16;/h4-5,7-8,16H,6,9-14H2,1-3H3,(H,20,21);1H. The Morgan fingerprint density at radius 3 is 2.96 bits per heavy atom. The summed E-state index contributed by atoms with van der Waals surface area (Å²) >= 11 is 0. The van der Waals surface area contributed by atoms with Gasteiger partial charge < -0.3 is 19.5 Å². The van der Waals surface area contributed by atoms with Crippen LogP contribution in [0.25, 0.3) is 11.0 Å². The molecule has 1 aliphatic heterocycles. The molecule has 1 aromatic heterocycles. The average Bonchev–Trinajstić information content (AvgIpc) is 3.22. The van der Waals surface area contributed by atoms with Gasteiger partial charge in [0.1, 0.15) is 5.82 Å². The molecule has 3 rings (SSSR count). The molecule has 1 unspecified atom stereocenters. The molecule has 0 spiro atoms. The number of fused-ring (bicyclic) bond motifs is 1. The van der Waals surface area contributed by atoms with Crippen LogP contribution in [0.5, 0.6) is 0 Å². The second-order valence-corrected chi connectivity index (χ2v) is 6.74. The number of aromatic nitrogens is 2. The number of ether oxygens (including phenoxy) is 1. The van der Waals surface area contributed by atoms with Gasteiger partial charge in [-0.25, -0.2) is 4.98 Å². The van der Waals surface area contributed by atoms with Crippen molar-refractivity contribution in [3.63, 3.8) is 0 Å². The fraction of sp³-hybridized carbons (Fsp3) is 0.579. The summed E-state index contributed by atoms with van der Waals surface area (Å²) in [5, 5.41) is 3.47. The highest BCUT2D eigenvalue weighted by atomic mass is 127. The summed E-state index contributed by atoms with van der Waals surface area (Å²) in [6, 6.07) is 8.32. The molecule has 0 bridgehead atoms. The Morgan fingerprint density at radius 1 is 1.42 bits per heavy atom. The normalized spacial score (nSPS) is 17.3. The second kappa shape index (κ2) is 10.1. The Kier molecular flexibility index (Phi) is 8.15. The van der Waals surface area contributed by atoms with Gasteiger partial charge in [-0.2, -0.15) is 0 Å². The number of rotatable bonds is 6. The van der Waals surface area contributed by atoms with Gasteiger partial charge in [0.2, 0.25) is 0 Å². The SMILES string of the molecule is CN=C(NCCCn1c(C)nc2ccccc21)N(C)CC1CCOC1.I. The number of halogens is 1. The van der Waals surface area contributed by atoms with Crippen molar-refractivity contribution in [2.24, 2.45) is 10.9 Å². The first-order valence-electron chi connectivity index (χ1n) is 9.10. The van der Waals surface area contributed by atoms with E-state index in [2.05, 4.69) is 56.9 Å². The first kappa shape index (κ1) is 21.0. The molecular weight excluding hydrogens is 441 g/mol. The largest absolute Gasteiger partial charge is 0.381 e. The molecule has 0 aliphatic carbocycles. The molecule has 1 atom stereocenters. The van der Waals surface area contributed by atoms with Crippen LogP contribution < -0.4 is 5.32 Å². The maximum Gasteiger partial charge on any atom is 0.193 e. The first-order valence-corrected chi connectivity index (χ1v) is 9.10. The lowest BCUT2D eigenvalue weighted by molar-refractivity contribution is 0.181.